The maximum Gasteiger partial charge on any atom is 0.228 e. The van der Waals surface area contributed by atoms with E-state index in [0.29, 0.717) is 6.61 Å². The van der Waals surface area contributed by atoms with E-state index in [1.54, 1.807) is 0 Å². The SMILES string of the molecule is O[C@H]1[C@@H](OCc2ccccc2)[C@H](OCc2ccccc2)[C@@H](COCc2ccccc2)O[C@@H]1F. The second-order valence-corrected chi connectivity index (χ2v) is 8.04. The number of benzene rings is 3. The number of aliphatic hydroxyl groups excluding tert-OH is 1. The lowest BCUT2D eigenvalue weighted by molar-refractivity contribution is -0.288. The Morgan fingerprint density at radius 3 is 1.64 bits per heavy atom. The molecule has 3 aromatic carbocycles. The number of hydrogen-bond donors (Lipinski definition) is 1. The van der Waals surface area contributed by atoms with Gasteiger partial charge in [0, 0.05) is 0 Å². The van der Waals surface area contributed by atoms with Crippen molar-refractivity contribution in [2.75, 3.05) is 6.61 Å². The summed E-state index contributed by atoms with van der Waals surface area (Å²) < 4.78 is 38.1. The molecule has 6 heteroatoms. The van der Waals surface area contributed by atoms with Crippen molar-refractivity contribution >= 4 is 0 Å². The number of ether oxygens (including phenoxy) is 4. The second-order valence-electron chi connectivity index (χ2n) is 8.04. The van der Waals surface area contributed by atoms with Gasteiger partial charge in [0.05, 0.1) is 26.4 Å². The molecule has 5 nitrogen and oxygen atoms in total. The molecule has 4 rings (SSSR count). The summed E-state index contributed by atoms with van der Waals surface area (Å²) in [5.41, 5.74) is 2.88. The fourth-order valence-electron chi connectivity index (χ4n) is 3.81. The molecule has 0 aliphatic carbocycles. The molecule has 0 radical (unpaired) electrons. The maximum absolute atomic E-state index is 14.6. The van der Waals surface area contributed by atoms with Crippen molar-refractivity contribution < 1.29 is 28.4 Å². The van der Waals surface area contributed by atoms with Gasteiger partial charge in [-0.3, -0.25) is 0 Å². The third-order valence-corrected chi connectivity index (χ3v) is 5.56. The van der Waals surface area contributed by atoms with Gasteiger partial charge >= 0.3 is 0 Å². The highest BCUT2D eigenvalue weighted by Gasteiger charge is 2.47. The largest absolute Gasteiger partial charge is 0.385 e. The Bertz CT molecular complexity index is 941. The van der Waals surface area contributed by atoms with Gasteiger partial charge in [-0.25, -0.2) is 4.39 Å². The first-order valence-electron chi connectivity index (χ1n) is 11.1. The van der Waals surface area contributed by atoms with Crippen LogP contribution in [0.15, 0.2) is 91.0 Å². The molecule has 0 unspecified atom stereocenters. The fraction of sp³-hybridized carbons (Fsp3) is 0.333. The zero-order valence-electron chi connectivity index (χ0n) is 18.3. The summed E-state index contributed by atoms with van der Waals surface area (Å²) in [7, 11) is 0. The molecule has 0 bridgehead atoms. The van der Waals surface area contributed by atoms with Gasteiger partial charge in [-0.05, 0) is 16.7 Å². The minimum absolute atomic E-state index is 0.104. The van der Waals surface area contributed by atoms with Crippen molar-refractivity contribution in [2.24, 2.45) is 0 Å². The third-order valence-electron chi connectivity index (χ3n) is 5.56. The summed E-state index contributed by atoms with van der Waals surface area (Å²) in [6.07, 6.45) is -5.74. The van der Waals surface area contributed by atoms with Crippen molar-refractivity contribution in [1.82, 2.24) is 0 Å². The zero-order chi connectivity index (χ0) is 22.9. The van der Waals surface area contributed by atoms with Crippen molar-refractivity contribution in [1.29, 1.82) is 0 Å². The second kappa shape index (κ2) is 12.0. The highest BCUT2D eigenvalue weighted by Crippen LogP contribution is 2.29. The van der Waals surface area contributed by atoms with Crippen LogP contribution in [0.2, 0.25) is 0 Å². The van der Waals surface area contributed by atoms with Crippen molar-refractivity contribution in [2.45, 2.75) is 50.6 Å². The molecule has 174 valence electrons. The zero-order valence-corrected chi connectivity index (χ0v) is 18.3. The smallest absolute Gasteiger partial charge is 0.228 e. The molecule has 33 heavy (non-hydrogen) atoms. The molecule has 0 spiro atoms. The molecule has 0 saturated carbocycles. The monoisotopic (exact) mass is 452 g/mol. The predicted molar refractivity (Wildman–Crippen MR) is 122 cm³/mol. The fourth-order valence-corrected chi connectivity index (χ4v) is 3.81. The van der Waals surface area contributed by atoms with Gasteiger partial charge in [0.25, 0.3) is 0 Å². The van der Waals surface area contributed by atoms with E-state index < -0.39 is 30.8 Å². The quantitative estimate of drug-likeness (QED) is 0.493. The standard InChI is InChI=1S/C27H29FO5/c28-27-24(29)26(32-18-22-14-8-3-9-15-22)25(31-17-21-12-6-2-7-13-21)23(33-27)19-30-16-20-10-4-1-5-11-20/h1-15,23-27,29H,16-19H2/t23-,24+,25-,26-,27+/m1/s1. The van der Waals surface area contributed by atoms with Crippen LogP contribution in [0.3, 0.4) is 0 Å². The van der Waals surface area contributed by atoms with Crippen LogP contribution in [0.4, 0.5) is 4.39 Å². The molecule has 1 aliphatic heterocycles. The molecule has 1 fully saturated rings. The first-order chi connectivity index (χ1) is 16.2. The third kappa shape index (κ3) is 6.69. The van der Waals surface area contributed by atoms with Gasteiger partial charge in [-0.2, -0.15) is 0 Å². The number of rotatable bonds is 10. The maximum atomic E-state index is 14.6. The Balaban J connectivity index is 1.46. The van der Waals surface area contributed by atoms with E-state index in [1.165, 1.54) is 0 Å². The topological polar surface area (TPSA) is 57.2 Å². The van der Waals surface area contributed by atoms with E-state index in [0.717, 1.165) is 16.7 Å². The minimum atomic E-state index is -1.90. The normalized spacial score (nSPS) is 25.1. The van der Waals surface area contributed by atoms with E-state index >= 15 is 0 Å². The molecule has 1 saturated heterocycles. The lowest BCUT2D eigenvalue weighted by atomic mass is 9.98. The van der Waals surface area contributed by atoms with Gasteiger partial charge in [0.2, 0.25) is 6.36 Å². The molecular weight excluding hydrogens is 423 g/mol. The Hall–Kier alpha value is -2.61. The Kier molecular flexibility index (Phi) is 8.58. The van der Waals surface area contributed by atoms with Crippen molar-refractivity contribution in [3.8, 4) is 0 Å². The number of aliphatic hydroxyl groups is 1. The van der Waals surface area contributed by atoms with Gasteiger partial charge in [-0.1, -0.05) is 91.0 Å². The van der Waals surface area contributed by atoms with Crippen LogP contribution in [-0.4, -0.2) is 42.5 Å². The summed E-state index contributed by atoms with van der Waals surface area (Å²) in [5.74, 6) is 0. The molecule has 0 amide bonds. The number of alkyl halides is 1. The highest BCUT2D eigenvalue weighted by atomic mass is 19.1. The van der Waals surface area contributed by atoms with E-state index in [2.05, 4.69) is 0 Å². The number of hydrogen-bond acceptors (Lipinski definition) is 5. The van der Waals surface area contributed by atoms with E-state index in [9.17, 15) is 9.50 Å². The number of halogens is 1. The van der Waals surface area contributed by atoms with E-state index in [1.807, 2.05) is 91.0 Å². The summed E-state index contributed by atoms with van der Waals surface area (Å²) >= 11 is 0. The van der Waals surface area contributed by atoms with Gasteiger partial charge < -0.3 is 24.1 Å². The Morgan fingerprint density at radius 1 is 0.667 bits per heavy atom. The summed E-state index contributed by atoms with van der Waals surface area (Å²) in [5, 5.41) is 10.6. The summed E-state index contributed by atoms with van der Waals surface area (Å²) in [4.78, 5) is 0. The molecule has 3 aromatic rings. The molecular formula is C27H29FO5. The average Bonchev–Trinajstić information content (AvgIpc) is 2.86. The Labute approximate surface area is 193 Å². The molecule has 1 N–H and O–H groups in total. The van der Waals surface area contributed by atoms with Crippen LogP contribution >= 0.6 is 0 Å². The first kappa shape index (κ1) is 23.5. The minimum Gasteiger partial charge on any atom is -0.385 e. The Morgan fingerprint density at radius 2 is 1.12 bits per heavy atom. The van der Waals surface area contributed by atoms with Gasteiger partial charge in [-0.15, -0.1) is 0 Å². The lowest BCUT2D eigenvalue weighted by Gasteiger charge is -2.42. The summed E-state index contributed by atoms with van der Waals surface area (Å²) in [6.45, 7) is 0.963. The van der Waals surface area contributed by atoms with Crippen LogP contribution in [0.25, 0.3) is 0 Å². The summed E-state index contributed by atoms with van der Waals surface area (Å²) in [6, 6.07) is 28.9. The first-order valence-corrected chi connectivity index (χ1v) is 11.1. The van der Waals surface area contributed by atoms with Crippen LogP contribution in [0.5, 0.6) is 0 Å². The lowest BCUT2D eigenvalue weighted by Crippen LogP contribution is -2.59. The van der Waals surface area contributed by atoms with E-state index in [4.69, 9.17) is 18.9 Å². The van der Waals surface area contributed by atoms with Crippen LogP contribution in [0, 0.1) is 0 Å². The molecule has 5 atom stereocenters. The molecule has 0 aromatic heterocycles. The predicted octanol–water partition coefficient (Wildman–Crippen LogP) is 4.43. The molecule has 1 heterocycles. The van der Waals surface area contributed by atoms with Crippen molar-refractivity contribution in [3.63, 3.8) is 0 Å². The highest BCUT2D eigenvalue weighted by molar-refractivity contribution is 5.15. The van der Waals surface area contributed by atoms with Crippen LogP contribution < -0.4 is 0 Å². The van der Waals surface area contributed by atoms with Crippen LogP contribution in [-0.2, 0) is 38.8 Å². The van der Waals surface area contributed by atoms with Gasteiger partial charge in [0.1, 0.15) is 24.4 Å². The van der Waals surface area contributed by atoms with Gasteiger partial charge in [0.15, 0.2) is 0 Å². The molecule has 1 aliphatic rings. The average molecular weight is 453 g/mol. The van der Waals surface area contributed by atoms with E-state index in [-0.39, 0.29) is 19.8 Å². The van der Waals surface area contributed by atoms with Crippen molar-refractivity contribution in [3.05, 3.63) is 108 Å². The van der Waals surface area contributed by atoms with Crippen LogP contribution in [0.1, 0.15) is 16.7 Å².